The van der Waals surface area contributed by atoms with E-state index in [2.05, 4.69) is 36.3 Å². The largest absolute Gasteiger partial charge is 0.494 e. The third-order valence-electron chi connectivity index (χ3n) is 6.95. The number of ether oxygens (including phenoxy) is 1. The van der Waals surface area contributed by atoms with Crippen LogP contribution in [0.1, 0.15) is 42.1 Å². The van der Waals surface area contributed by atoms with E-state index in [1.165, 1.54) is 18.4 Å². The van der Waals surface area contributed by atoms with Gasteiger partial charge >= 0.3 is 0 Å². The molecule has 1 fully saturated rings. The van der Waals surface area contributed by atoms with Crippen molar-refractivity contribution in [2.24, 2.45) is 7.05 Å². The third kappa shape index (κ3) is 5.75. The van der Waals surface area contributed by atoms with Crippen molar-refractivity contribution in [3.8, 4) is 17.1 Å². The lowest BCUT2D eigenvalue weighted by atomic mass is 10.1. The molecule has 5 rings (SSSR count). The summed E-state index contributed by atoms with van der Waals surface area (Å²) >= 11 is 0. The van der Waals surface area contributed by atoms with Crippen LogP contribution >= 0.6 is 0 Å². The minimum absolute atomic E-state index is 0.00167. The molecule has 202 valence electrons. The first-order valence-electron chi connectivity index (χ1n) is 13.2. The maximum atomic E-state index is 12.9. The van der Waals surface area contributed by atoms with Gasteiger partial charge in [-0.2, -0.15) is 5.10 Å². The van der Waals surface area contributed by atoms with E-state index in [-0.39, 0.29) is 5.78 Å². The van der Waals surface area contributed by atoms with Crippen LogP contribution < -0.4 is 15.0 Å². The van der Waals surface area contributed by atoms with E-state index < -0.39 is 0 Å². The molecule has 0 atom stereocenters. The fourth-order valence-corrected chi connectivity index (χ4v) is 4.89. The molecule has 1 aliphatic rings. The molecule has 10 nitrogen and oxygen atoms in total. The van der Waals surface area contributed by atoms with Crippen LogP contribution in [0.4, 0.5) is 23.0 Å². The van der Waals surface area contributed by atoms with Gasteiger partial charge in [0.15, 0.2) is 17.4 Å². The zero-order valence-corrected chi connectivity index (χ0v) is 22.9. The van der Waals surface area contributed by atoms with Crippen LogP contribution in [0, 0.1) is 0 Å². The van der Waals surface area contributed by atoms with Crippen LogP contribution in [-0.2, 0) is 13.6 Å². The number of hydrogen-bond donors (Lipinski definition) is 1. The van der Waals surface area contributed by atoms with E-state index in [9.17, 15) is 4.79 Å². The van der Waals surface area contributed by atoms with E-state index in [1.807, 2.05) is 62.4 Å². The highest BCUT2D eigenvalue weighted by Gasteiger charge is 2.22. The zero-order chi connectivity index (χ0) is 27.4. The number of pyridine rings is 2. The first-order valence-corrected chi connectivity index (χ1v) is 13.2. The molecule has 4 heterocycles. The molecule has 0 radical (unpaired) electrons. The molecule has 0 amide bonds. The Morgan fingerprint density at radius 3 is 2.51 bits per heavy atom. The Labute approximate surface area is 228 Å². The van der Waals surface area contributed by atoms with Gasteiger partial charge in [-0.15, -0.1) is 0 Å². The number of aryl methyl sites for hydroxylation is 1. The van der Waals surface area contributed by atoms with Gasteiger partial charge in [0, 0.05) is 45.5 Å². The summed E-state index contributed by atoms with van der Waals surface area (Å²) in [5, 5.41) is 7.74. The molecule has 1 aromatic carbocycles. The number of rotatable bonds is 10. The van der Waals surface area contributed by atoms with Crippen molar-refractivity contribution in [3.63, 3.8) is 0 Å². The summed E-state index contributed by atoms with van der Waals surface area (Å²) in [6.45, 7) is 5.06. The molecular weight excluding hydrogens is 492 g/mol. The predicted molar refractivity (Wildman–Crippen MR) is 152 cm³/mol. The Bertz CT molecular complexity index is 1440. The number of Topliss-reactive ketones (excluding diaryl/α,β-unsaturated/α-hetero) is 1. The Kier molecular flexibility index (Phi) is 7.83. The summed E-state index contributed by atoms with van der Waals surface area (Å²) in [6, 6.07) is 11.7. The number of aromatic nitrogens is 5. The van der Waals surface area contributed by atoms with Gasteiger partial charge in [-0.1, -0.05) is 19.1 Å². The lowest BCUT2D eigenvalue weighted by Gasteiger charge is -2.25. The number of hydrogen-bond acceptors (Lipinski definition) is 9. The van der Waals surface area contributed by atoms with Gasteiger partial charge in [0.25, 0.3) is 0 Å². The molecule has 1 N–H and O–H groups in total. The minimum atomic E-state index is 0.00167. The fraction of sp³-hybridized carbons (Fsp3) is 0.345. The number of anilines is 4. The molecule has 39 heavy (non-hydrogen) atoms. The second-order valence-electron chi connectivity index (χ2n) is 9.68. The molecule has 0 unspecified atom stereocenters. The molecule has 1 aliphatic heterocycles. The summed E-state index contributed by atoms with van der Waals surface area (Å²) in [5.41, 5.74) is 3.96. The van der Waals surface area contributed by atoms with Crippen molar-refractivity contribution >= 4 is 28.8 Å². The first-order chi connectivity index (χ1) is 19.0. The van der Waals surface area contributed by atoms with Crippen LogP contribution in [0.5, 0.6) is 5.75 Å². The average molecular weight is 527 g/mol. The fourth-order valence-electron chi connectivity index (χ4n) is 4.89. The Hall–Kier alpha value is -4.31. The smallest absolute Gasteiger partial charge is 0.184 e. The third-order valence-corrected chi connectivity index (χ3v) is 6.95. The molecule has 0 bridgehead atoms. The molecule has 0 aliphatic carbocycles. The standard InChI is InChI=1S/C29H34N8O2/c1-5-25(38)22-17-31-27(33-26-12-11-20(16-30-26)18-37-13-6-7-14-37)15-24(22)36(3)23-10-8-9-21(28(23)39-4)29-32-19-35(2)34-29/h8-12,15-17,19H,5-7,13-14,18H2,1-4H3,(H,30,31,33). The summed E-state index contributed by atoms with van der Waals surface area (Å²) in [4.78, 5) is 30.8. The average Bonchev–Trinajstić information content (AvgIpc) is 3.64. The van der Waals surface area contributed by atoms with Crippen molar-refractivity contribution < 1.29 is 9.53 Å². The first kappa shape index (κ1) is 26.3. The lowest BCUT2D eigenvalue weighted by molar-refractivity contribution is 0.0988. The van der Waals surface area contributed by atoms with Gasteiger partial charge in [-0.25, -0.2) is 15.0 Å². The topological polar surface area (TPSA) is 101 Å². The normalized spacial score (nSPS) is 13.4. The molecule has 3 aromatic heterocycles. The highest BCUT2D eigenvalue weighted by atomic mass is 16.5. The van der Waals surface area contributed by atoms with Crippen molar-refractivity contribution in [2.45, 2.75) is 32.7 Å². The SMILES string of the molecule is CCC(=O)c1cnc(Nc2ccc(CN3CCCC3)cn2)cc1N(C)c1cccc(-c2ncn(C)n2)c1OC. The monoisotopic (exact) mass is 526 g/mol. The molecule has 10 heteroatoms. The Morgan fingerprint density at radius 1 is 1.05 bits per heavy atom. The van der Waals surface area contributed by atoms with Gasteiger partial charge in [0.1, 0.15) is 18.0 Å². The second-order valence-corrected chi connectivity index (χ2v) is 9.68. The van der Waals surface area contributed by atoms with E-state index in [4.69, 9.17) is 4.74 Å². The van der Waals surface area contributed by atoms with Gasteiger partial charge in [0.05, 0.1) is 29.6 Å². The van der Waals surface area contributed by atoms with Crippen LogP contribution in [0.3, 0.4) is 0 Å². The highest BCUT2D eigenvalue weighted by molar-refractivity contribution is 6.02. The maximum absolute atomic E-state index is 12.9. The number of nitrogens with one attached hydrogen (secondary N) is 1. The number of carbonyl (C=O) groups excluding carboxylic acids is 1. The van der Waals surface area contributed by atoms with Gasteiger partial charge in [-0.3, -0.25) is 14.4 Å². The van der Waals surface area contributed by atoms with Crippen LogP contribution in [-0.4, -0.2) is 62.7 Å². The van der Waals surface area contributed by atoms with Crippen LogP contribution in [0.2, 0.25) is 0 Å². The van der Waals surface area contributed by atoms with E-state index >= 15 is 0 Å². The number of methoxy groups -OCH3 is 1. The molecule has 0 spiro atoms. The van der Waals surface area contributed by atoms with E-state index in [0.29, 0.717) is 40.9 Å². The van der Waals surface area contributed by atoms with Crippen molar-refractivity contribution in [1.82, 2.24) is 29.6 Å². The predicted octanol–water partition coefficient (Wildman–Crippen LogP) is 4.98. The summed E-state index contributed by atoms with van der Waals surface area (Å²) in [6.07, 6.45) is 8.08. The molecule has 0 saturated carbocycles. The number of likely N-dealkylation sites (tertiary alicyclic amines) is 1. The van der Waals surface area contributed by atoms with Crippen molar-refractivity contribution in [3.05, 3.63) is 66.2 Å². The molecular formula is C29H34N8O2. The van der Waals surface area contributed by atoms with Gasteiger partial charge < -0.3 is 15.0 Å². The second kappa shape index (κ2) is 11.6. The van der Waals surface area contributed by atoms with Gasteiger partial charge in [0.2, 0.25) is 0 Å². The van der Waals surface area contributed by atoms with E-state index in [1.54, 1.807) is 24.3 Å². The van der Waals surface area contributed by atoms with Gasteiger partial charge in [-0.05, 0) is 49.7 Å². The number of carbonyl (C=O) groups is 1. The quantitative estimate of drug-likeness (QED) is 0.287. The molecule has 1 saturated heterocycles. The Balaban J connectivity index is 1.45. The van der Waals surface area contributed by atoms with Crippen molar-refractivity contribution in [1.29, 1.82) is 0 Å². The van der Waals surface area contributed by atoms with Crippen molar-refractivity contribution in [2.75, 3.05) is 37.5 Å². The number of ketones is 1. The number of para-hydroxylation sites is 1. The van der Waals surface area contributed by atoms with Crippen LogP contribution in [0.25, 0.3) is 11.4 Å². The number of nitrogens with zero attached hydrogens (tertiary/aromatic N) is 7. The highest BCUT2D eigenvalue weighted by Crippen LogP contribution is 2.40. The lowest BCUT2D eigenvalue weighted by Crippen LogP contribution is -2.18. The summed E-state index contributed by atoms with van der Waals surface area (Å²) < 4.78 is 7.48. The maximum Gasteiger partial charge on any atom is 0.184 e. The van der Waals surface area contributed by atoms with Crippen LogP contribution in [0.15, 0.2) is 55.1 Å². The van der Waals surface area contributed by atoms with E-state index in [0.717, 1.165) is 30.9 Å². The zero-order valence-electron chi connectivity index (χ0n) is 22.9. The summed E-state index contributed by atoms with van der Waals surface area (Å²) in [7, 11) is 5.35. The Morgan fingerprint density at radius 2 is 1.85 bits per heavy atom. The molecule has 4 aromatic rings. The minimum Gasteiger partial charge on any atom is -0.494 e. The number of benzene rings is 1. The summed E-state index contributed by atoms with van der Waals surface area (Å²) in [5.74, 6) is 2.46.